The number of aryl methyl sites for hydroxylation is 1. The number of methoxy groups -OCH3 is 1. The summed E-state index contributed by atoms with van der Waals surface area (Å²) in [5.41, 5.74) is 3.74. The molecule has 33 heavy (non-hydrogen) atoms. The molecule has 3 aromatic carbocycles. The van der Waals surface area contributed by atoms with Crippen molar-refractivity contribution in [1.29, 1.82) is 0 Å². The Kier molecular flexibility index (Phi) is 7.15. The van der Waals surface area contributed by atoms with E-state index in [1.807, 2.05) is 67.6 Å². The van der Waals surface area contributed by atoms with Gasteiger partial charge in [0, 0.05) is 15.5 Å². The number of aromatic nitrogens is 2. The lowest BCUT2D eigenvalue weighted by Crippen LogP contribution is -2.19. The fraction of sp³-hybridized carbons (Fsp3) is 0.185. The van der Waals surface area contributed by atoms with Gasteiger partial charge in [0.25, 0.3) is 5.56 Å². The van der Waals surface area contributed by atoms with Crippen molar-refractivity contribution < 1.29 is 4.74 Å². The summed E-state index contributed by atoms with van der Waals surface area (Å²) in [6, 6.07) is 25.7. The number of nitrogens with zero attached hydrogens (tertiary/aromatic N) is 2. The highest BCUT2D eigenvalue weighted by Gasteiger charge is 2.18. The maximum absolute atomic E-state index is 13.4. The van der Waals surface area contributed by atoms with E-state index in [0.29, 0.717) is 11.3 Å². The average molecular weight is 458 g/mol. The maximum Gasteiger partial charge on any atom is 0.280 e. The molecule has 0 fully saturated rings. The van der Waals surface area contributed by atoms with Gasteiger partial charge < -0.3 is 4.74 Å². The van der Waals surface area contributed by atoms with E-state index in [0.717, 1.165) is 45.5 Å². The van der Waals surface area contributed by atoms with Crippen molar-refractivity contribution >= 4 is 23.2 Å². The number of hydrogen-bond acceptors (Lipinski definition) is 4. The number of aliphatic imine (C=N–C) groups is 1. The van der Waals surface area contributed by atoms with Gasteiger partial charge in [-0.05, 0) is 61.9 Å². The summed E-state index contributed by atoms with van der Waals surface area (Å²) in [7, 11) is 1.63. The standard InChI is InChI=1S/C27H27N3O2S/c1-4-10-24-26(27(31)30(29-24)20-15-17-21(32-3)18-16-20)19(2)28-23-13-8-9-14-25(23)33-22-11-6-5-7-12-22/h5-9,11-18,29H,4,10H2,1-3H3. The van der Waals surface area contributed by atoms with Crippen LogP contribution >= 0.6 is 11.8 Å². The van der Waals surface area contributed by atoms with Crippen LogP contribution in [0, 0.1) is 0 Å². The predicted molar refractivity (Wildman–Crippen MR) is 136 cm³/mol. The number of ether oxygens (including phenoxy) is 1. The van der Waals surface area contributed by atoms with Crippen LogP contribution < -0.4 is 10.3 Å². The minimum Gasteiger partial charge on any atom is -0.497 e. The van der Waals surface area contributed by atoms with E-state index in [2.05, 4.69) is 30.2 Å². The van der Waals surface area contributed by atoms with Gasteiger partial charge in [0.15, 0.2) is 0 Å². The molecule has 0 aliphatic carbocycles. The number of H-pyrrole nitrogens is 1. The lowest BCUT2D eigenvalue weighted by molar-refractivity contribution is 0.414. The molecule has 6 heteroatoms. The van der Waals surface area contributed by atoms with E-state index in [1.54, 1.807) is 23.6 Å². The minimum atomic E-state index is -0.0990. The molecule has 4 rings (SSSR count). The van der Waals surface area contributed by atoms with Crippen LogP contribution in [0.5, 0.6) is 5.75 Å². The summed E-state index contributed by atoms with van der Waals surface area (Å²) in [4.78, 5) is 20.5. The molecule has 0 saturated heterocycles. The fourth-order valence-electron chi connectivity index (χ4n) is 3.69. The molecule has 0 aliphatic heterocycles. The maximum atomic E-state index is 13.4. The molecule has 4 aromatic rings. The molecule has 0 bridgehead atoms. The van der Waals surface area contributed by atoms with E-state index in [-0.39, 0.29) is 5.56 Å². The van der Waals surface area contributed by atoms with E-state index in [1.165, 1.54) is 0 Å². The summed E-state index contributed by atoms with van der Waals surface area (Å²) in [6.45, 7) is 4.01. The molecule has 1 heterocycles. The second kappa shape index (κ2) is 10.4. The van der Waals surface area contributed by atoms with Crippen molar-refractivity contribution in [3.8, 4) is 11.4 Å². The van der Waals surface area contributed by atoms with Crippen LogP contribution in [0.2, 0.25) is 0 Å². The zero-order valence-corrected chi connectivity index (χ0v) is 19.9. The number of hydrogen-bond donors (Lipinski definition) is 1. The highest BCUT2D eigenvalue weighted by molar-refractivity contribution is 7.99. The SMILES string of the molecule is CCCc1[nH]n(-c2ccc(OC)cc2)c(=O)c1C(C)=Nc1ccccc1Sc1ccccc1. The van der Waals surface area contributed by atoms with Gasteiger partial charge in [-0.2, -0.15) is 0 Å². The quantitative estimate of drug-likeness (QED) is 0.311. The summed E-state index contributed by atoms with van der Waals surface area (Å²) < 4.78 is 6.83. The third kappa shape index (κ3) is 5.12. The van der Waals surface area contributed by atoms with Crippen molar-refractivity contribution in [2.75, 3.05) is 7.11 Å². The first kappa shape index (κ1) is 22.7. The Hall–Kier alpha value is -3.51. The molecular formula is C27H27N3O2S. The normalized spacial score (nSPS) is 11.5. The molecule has 0 unspecified atom stereocenters. The molecule has 0 aliphatic rings. The Labute approximate surface area is 198 Å². The Morgan fingerprint density at radius 2 is 1.70 bits per heavy atom. The Balaban J connectivity index is 1.74. The molecule has 168 valence electrons. The van der Waals surface area contributed by atoms with Crippen molar-refractivity contribution in [1.82, 2.24) is 9.78 Å². The molecular weight excluding hydrogens is 430 g/mol. The monoisotopic (exact) mass is 457 g/mol. The van der Waals surface area contributed by atoms with Gasteiger partial charge in [0.2, 0.25) is 0 Å². The van der Waals surface area contributed by atoms with Crippen molar-refractivity contribution in [3.63, 3.8) is 0 Å². The molecule has 0 spiro atoms. The first-order valence-corrected chi connectivity index (χ1v) is 11.8. The van der Waals surface area contributed by atoms with Crippen molar-refractivity contribution in [2.24, 2.45) is 4.99 Å². The summed E-state index contributed by atoms with van der Waals surface area (Å²) >= 11 is 1.67. The number of benzene rings is 3. The van der Waals surface area contributed by atoms with Gasteiger partial charge in [0.1, 0.15) is 5.75 Å². The largest absolute Gasteiger partial charge is 0.497 e. The van der Waals surface area contributed by atoms with Crippen LogP contribution in [-0.4, -0.2) is 22.6 Å². The molecule has 0 atom stereocenters. The lowest BCUT2D eigenvalue weighted by Gasteiger charge is -2.07. The van der Waals surface area contributed by atoms with Gasteiger partial charge in [-0.3, -0.25) is 14.9 Å². The molecule has 0 amide bonds. The highest BCUT2D eigenvalue weighted by Crippen LogP contribution is 2.35. The van der Waals surface area contributed by atoms with Gasteiger partial charge >= 0.3 is 0 Å². The van der Waals surface area contributed by atoms with Crippen molar-refractivity contribution in [2.45, 2.75) is 36.5 Å². The van der Waals surface area contributed by atoms with Crippen LogP contribution in [0.3, 0.4) is 0 Å². The fourth-order valence-corrected chi connectivity index (χ4v) is 4.60. The Morgan fingerprint density at radius 1 is 1.00 bits per heavy atom. The first-order valence-electron chi connectivity index (χ1n) is 11.0. The number of aromatic amines is 1. The third-order valence-corrected chi connectivity index (χ3v) is 6.36. The number of para-hydroxylation sites is 1. The van der Waals surface area contributed by atoms with Gasteiger partial charge in [-0.25, -0.2) is 4.68 Å². The lowest BCUT2D eigenvalue weighted by atomic mass is 10.1. The molecule has 1 aromatic heterocycles. The zero-order valence-electron chi connectivity index (χ0n) is 19.0. The minimum absolute atomic E-state index is 0.0990. The summed E-state index contributed by atoms with van der Waals surface area (Å²) in [6.07, 6.45) is 1.68. The molecule has 1 N–H and O–H groups in total. The van der Waals surface area contributed by atoms with Crippen LogP contribution in [0.1, 0.15) is 31.5 Å². The van der Waals surface area contributed by atoms with Gasteiger partial charge in [-0.1, -0.05) is 55.4 Å². The first-order chi connectivity index (χ1) is 16.1. The Morgan fingerprint density at radius 3 is 2.39 bits per heavy atom. The van der Waals surface area contributed by atoms with Gasteiger partial charge in [-0.15, -0.1) is 0 Å². The smallest absolute Gasteiger partial charge is 0.280 e. The van der Waals surface area contributed by atoms with E-state index >= 15 is 0 Å². The van der Waals surface area contributed by atoms with Crippen molar-refractivity contribution in [3.05, 3.63) is 100 Å². The zero-order chi connectivity index (χ0) is 23.2. The molecule has 0 saturated carbocycles. The van der Waals surface area contributed by atoms with E-state index in [4.69, 9.17) is 9.73 Å². The van der Waals surface area contributed by atoms with Crippen LogP contribution in [-0.2, 0) is 6.42 Å². The highest BCUT2D eigenvalue weighted by atomic mass is 32.2. The number of rotatable bonds is 8. The van der Waals surface area contributed by atoms with Crippen LogP contribution in [0.15, 0.2) is 98.4 Å². The second-order valence-electron chi connectivity index (χ2n) is 7.63. The van der Waals surface area contributed by atoms with E-state index < -0.39 is 0 Å². The third-order valence-electron chi connectivity index (χ3n) is 5.28. The topological polar surface area (TPSA) is 59.4 Å². The second-order valence-corrected chi connectivity index (χ2v) is 8.75. The molecule has 0 radical (unpaired) electrons. The van der Waals surface area contributed by atoms with E-state index in [9.17, 15) is 4.79 Å². The summed E-state index contributed by atoms with van der Waals surface area (Å²) in [5.74, 6) is 0.748. The van der Waals surface area contributed by atoms with Crippen LogP contribution in [0.25, 0.3) is 5.69 Å². The average Bonchev–Trinajstić information content (AvgIpc) is 3.17. The Bertz CT molecular complexity index is 1310. The van der Waals surface area contributed by atoms with Gasteiger partial charge in [0.05, 0.1) is 29.8 Å². The predicted octanol–water partition coefficient (Wildman–Crippen LogP) is 6.42. The van der Waals surface area contributed by atoms with Crippen LogP contribution in [0.4, 0.5) is 5.69 Å². The number of nitrogens with one attached hydrogen (secondary N) is 1. The molecule has 5 nitrogen and oxygen atoms in total. The summed E-state index contributed by atoms with van der Waals surface area (Å²) in [5, 5.41) is 3.30.